The molecule has 2 aliphatic rings. The lowest BCUT2D eigenvalue weighted by molar-refractivity contribution is 0.160. The first-order chi connectivity index (χ1) is 7.65. The van der Waals surface area contributed by atoms with Crippen LogP contribution in [-0.4, -0.2) is 36.1 Å². The van der Waals surface area contributed by atoms with Gasteiger partial charge in [0.05, 0.1) is 0 Å². The zero-order valence-electron chi connectivity index (χ0n) is 11.3. The maximum atomic E-state index is 3.82. The quantitative estimate of drug-likeness (QED) is 0.790. The van der Waals surface area contributed by atoms with Crippen LogP contribution in [0.5, 0.6) is 0 Å². The van der Waals surface area contributed by atoms with Gasteiger partial charge in [0.1, 0.15) is 0 Å². The van der Waals surface area contributed by atoms with E-state index in [1.165, 1.54) is 51.7 Å². The molecule has 0 amide bonds. The number of rotatable bonds is 4. The van der Waals surface area contributed by atoms with Crippen molar-refractivity contribution in [2.24, 2.45) is 5.92 Å². The molecular formula is C14H28N2. The summed E-state index contributed by atoms with van der Waals surface area (Å²) in [5.74, 6) is 0.946. The van der Waals surface area contributed by atoms with Crippen molar-refractivity contribution in [3.63, 3.8) is 0 Å². The Morgan fingerprint density at radius 3 is 2.69 bits per heavy atom. The van der Waals surface area contributed by atoms with Crippen molar-refractivity contribution in [3.8, 4) is 0 Å². The highest BCUT2D eigenvalue weighted by Gasteiger charge is 2.43. The van der Waals surface area contributed by atoms with Crippen molar-refractivity contribution < 1.29 is 0 Å². The lowest BCUT2D eigenvalue weighted by Gasteiger charge is -2.35. The maximum absolute atomic E-state index is 3.82. The molecule has 0 radical (unpaired) electrons. The Labute approximate surface area is 101 Å². The predicted octanol–water partition coefficient (Wildman–Crippen LogP) is 2.64. The van der Waals surface area contributed by atoms with Gasteiger partial charge >= 0.3 is 0 Å². The standard InChI is InChI=1S/C14H28N2/c1-4-5-10-16-11-14(3,13-6-7-13)15-9-8-12(16)2/h12-13,15H,4-11H2,1-3H3. The van der Waals surface area contributed by atoms with Crippen molar-refractivity contribution in [1.82, 2.24) is 10.2 Å². The second-order valence-corrected chi connectivity index (χ2v) is 6.08. The lowest BCUT2D eigenvalue weighted by Crippen LogP contribution is -2.51. The van der Waals surface area contributed by atoms with Gasteiger partial charge in [-0.1, -0.05) is 13.3 Å². The van der Waals surface area contributed by atoms with Crippen molar-refractivity contribution in [2.45, 2.75) is 64.5 Å². The van der Waals surface area contributed by atoms with Gasteiger partial charge in [0, 0.05) is 18.1 Å². The highest BCUT2D eigenvalue weighted by atomic mass is 15.2. The summed E-state index contributed by atoms with van der Waals surface area (Å²) in [7, 11) is 0. The van der Waals surface area contributed by atoms with Gasteiger partial charge in [-0.2, -0.15) is 0 Å². The number of nitrogens with one attached hydrogen (secondary N) is 1. The Morgan fingerprint density at radius 1 is 1.31 bits per heavy atom. The van der Waals surface area contributed by atoms with Crippen LogP contribution in [0, 0.1) is 5.92 Å². The van der Waals surface area contributed by atoms with Crippen molar-refractivity contribution >= 4 is 0 Å². The zero-order valence-corrected chi connectivity index (χ0v) is 11.3. The molecular weight excluding hydrogens is 196 g/mol. The van der Waals surface area contributed by atoms with Gasteiger partial charge in [0.2, 0.25) is 0 Å². The topological polar surface area (TPSA) is 15.3 Å². The van der Waals surface area contributed by atoms with E-state index in [2.05, 4.69) is 31.0 Å². The van der Waals surface area contributed by atoms with Crippen LogP contribution in [0.25, 0.3) is 0 Å². The van der Waals surface area contributed by atoms with Gasteiger partial charge in [0.25, 0.3) is 0 Å². The van der Waals surface area contributed by atoms with Gasteiger partial charge < -0.3 is 5.32 Å². The second-order valence-electron chi connectivity index (χ2n) is 6.08. The number of hydrogen-bond donors (Lipinski definition) is 1. The van der Waals surface area contributed by atoms with Crippen LogP contribution in [0.15, 0.2) is 0 Å². The van der Waals surface area contributed by atoms with Crippen LogP contribution in [-0.2, 0) is 0 Å². The van der Waals surface area contributed by atoms with E-state index in [9.17, 15) is 0 Å². The highest BCUT2D eigenvalue weighted by Crippen LogP contribution is 2.41. The molecule has 94 valence electrons. The van der Waals surface area contributed by atoms with E-state index in [0.29, 0.717) is 5.54 Å². The highest BCUT2D eigenvalue weighted by molar-refractivity contribution is 5.01. The number of nitrogens with zero attached hydrogens (tertiary/aromatic N) is 1. The molecule has 1 N–H and O–H groups in total. The Hall–Kier alpha value is -0.0800. The number of unbranched alkanes of at least 4 members (excludes halogenated alkanes) is 1. The molecule has 2 heteroatoms. The fourth-order valence-corrected chi connectivity index (χ4v) is 3.04. The maximum Gasteiger partial charge on any atom is 0.0308 e. The summed E-state index contributed by atoms with van der Waals surface area (Å²) in [5.41, 5.74) is 0.401. The van der Waals surface area contributed by atoms with E-state index in [4.69, 9.17) is 0 Å². The Morgan fingerprint density at radius 2 is 2.06 bits per heavy atom. The summed E-state index contributed by atoms with van der Waals surface area (Å²) in [6.45, 7) is 10.9. The molecule has 0 bridgehead atoms. The smallest absolute Gasteiger partial charge is 0.0308 e. The summed E-state index contributed by atoms with van der Waals surface area (Å²) >= 11 is 0. The molecule has 2 nitrogen and oxygen atoms in total. The van der Waals surface area contributed by atoms with E-state index >= 15 is 0 Å². The third kappa shape index (κ3) is 2.78. The molecule has 2 rings (SSSR count). The SMILES string of the molecule is CCCCN1CC(C)(C2CC2)NCCC1C. The first kappa shape index (κ1) is 12.4. The minimum atomic E-state index is 0.401. The normalized spacial score (nSPS) is 37.3. The van der Waals surface area contributed by atoms with Crippen LogP contribution in [0.4, 0.5) is 0 Å². The largest absolute Gasteiger partial charge is 0.310 e. The van der Waals surface area contributed by atoms with Crippen LogP contribution in [0.1, 0.15) is 52.9 Å². The average Bonchev–Trinajstić information content (AvgIpc) is 3.06. The predicted molar refractivity (Wildman–Crippen MR) is 69.7 cm³/mol. The third-order valence-electron chi connectivity index (χ3n) is 4.52. The fourth-order valence-electron chi connectivity index (χ4n) is 3.04. The summed E-state index contributed by atoms with van der Waals surface area (Å²) in [6.07, 6.45) is 6.87. The Kier molecular flexibility index (Phi) is 3.91. The Balaban J connectivity index is 1.97. The Bertz CT molecular complexity index is 225. The molecule has 1 saturated carbocycles. The van der Waals surface area contributed by atoms with Crippen LogP contribution in [0.2, 0.25) is 0 Å². The summed E-state index contributed by atoms with van der Waals surface area (Å²) < 4.78 is 0. The lowest BCUT2D eigenvalue weighted by atomic mass is 9.95. The zero-order chi connectivity index (χ0) is 11.6. The molecule has 2 unspecified atom stereocenters. The molecule has 0 aromatic heterocycles. The molecule has 1 heterocycles. The monoisotopic (exact) mass is 224 g/mol. The van der Waals surface area contributed by atoms with E-state index in [0.717, 1.165) is 12.0 Å². The van der Waals surface area contributed by atoms with Crippen molar-refractivity contribution in [1.29, 1.82) is 0 Å². The minimum absolute atomic E-state index is 0.401. The van der Waals surface area contributed by atoms with Crippen molar-refractivity contribution in [2.75, 3.05) is 19.6 Å². The molecule has 2 atom stereocenters. The molecule has 0 aromatic rings. The summed E-state index contributed by atoms with van der Waals surface area (Å²) in [6, 6.07) is 0.764. The van der Waals surface area contributed by atoms with Crippen LogP contribution >= 0.6 is 0 Å². The van der Waals surface area contributed by atoms with Gasteiger partial charge in [-0.3, -0.25) is 4.90 Å². The van der Waals surface area contributed by atoms with E-state index in [1.54, 1.807) is 0 Å². The molecule has 1 saturated heterocycles. The summed E-state index contributed by atoms with van der Waals surface area (Å²) in [5, 5.41) is 3.82. The van der Waals surface area contributed by atoms with Crippen LogP contribution < -0.4 is 5.32 Å². The third-order valence-corrected chi connectivity index (χ3v) is 4.52. The molecule has 1 aliphatic heterocycles. The molecule has 0 aromatic carbocycles. The first-order valence-corrected chi connectivity index (χ1v) is 7.15. The van der Waals surface area contributed by atoms with Crippen molar-refractivity contribution in [3.05, 3.63) is 0 Å². The van der Waals surface area contributed by atoms with E-state index in [1.807, 2.05) is 0 Å². The summed E-state index contributed by atoms with van der Waals surface area (Å²) in [4.78, 5) is 2.72. The van der Waals surface area contributed by atoms with E-state index < -0.39 is 0 Å². The average molecular weight is 224 g/mol. The van der Waals surface area contributed by atoms with Gasteiger partial charge in [-0.15, -0.1) is 0 Å². The van der Waals surface area contributed by atoms with E-state index in [-0.39, 0.29) is 0 Å². The molecule has 2 fully saturated rings. The van der Waals surface area contributed by atoms with Crippen LogP contribution in [0.3, 0.4) is 0 Å². The molecule has 16 heavy (non-hydrogen) atoms. The minimum Gasteiger partial charge on any atom is -0.310 e. The first-order valence-electron chi connectivity index (χ1n) is 7.15. The van der Waals surface area contributed by atoms with Gasteiger partial charge in [0.15, 0.2) is 0 Å². The fraction of sp³-hybridized carbons (Fsp3) is 1.00. The van der Waals surface area contributed by atoms with Gasteiger partial charge in [-0.25, -0.2) is 0 Å². The second kappa shape index (κ2) is 5.05. The number of hydrogen-bond acceptors (Lipinski definition) is 2. The van der Waals surface area contributed by atoms with Gasteiger partial charge in [-0.05, 0) is 58.5 Å². The molecule has 1 aliphatic carbocycles. The molecule has 0 spiro atoms.